The van der Waals surface area contributed by atoms with Crippen LogP contribution in [0.5, 0.6) is 0 Å². The number of nitrogens with zero attached hydrogens (tertiary/aromatic N) is 1. The molecule has 1 heterocycles. The highest BCUT2D eigenvalue weighted by Crippen LogP contribution is 2.22. The lowest BCUT2D eigenvalue weighted by atomic mass is 10.2. The molecule has 1 nitrogen and oxygen atoms in total. The van der Waals surface area contributed by atoms with Gasteiger partial charge in [-0.3, -0.25) is 4.90 Å². The van der Waals surface area contributed by atoms with Crippen molar-refractivity contribution in [3.05, 3.63) is 34.6 Å². The number of hydrogen-bond acceptors (Lipinski definition) is 1. The van der Waals surface area contributed by atoms with Crippen LogP contribution in [0, 0.1) is 11.7 Å². The molecule has 1 aliphatic rings. The van der Waals surface area contributed by atoms with E-state index in [1.165, 1.54) is 12.5 Å². The van der Waals surface area contributed by atoms with E-state index in [0.29, 0.717) is 17.5 Å². The highest BCUT2D eigenvalue weighted by Gasteiger charge is 2.22. The summed E-state index contributed by atoms with van der Waals surface area (Å²) < 4.78 is 13.6. The highest BCUT2D eigenvalue weighted by atomic mass is 79.9. The zero-order valence-electron chi connectivity index (χ0n) is 8.93. The van der Waals surface area contributed by atoms with Gasteiger partial charge >= 0.3 is 0 Å². The summed E-state index contributed by atoms with van der Waals surface area (Å²) in [6.07, 6.45) is 1.19. The van der Waals surface area contributed by atoms with Gasteiger partial charge in [-0.1, -0.05) is 33.6 Å². The Balaban J connectivity index is 1.99. The van der Waals surface area contributed by atoms with Crippen LogP contribution in [-0.4, -0.2) is 23.3 Å². The van der Waals surface area contributed by atoms with E-state index in [4.69, 9.17) is 11.6 Å². The van der Waals surface area contributed by atoms with Crippen LogP contribution in [0.1, 0.15) is 12.0 Å². The van der Waals surface area contributed by atoms with Crippen molar-refractivity contribution in [2.45, 2.75) is 13.0 Å². The lowest BCUT2D eigenvalue weighted by Crippen LogP contribution is -2.21. The Kier molecular flexibility index (Phi) is 4.22. The molecule has 1 atom stereocenters. The molecule has 1 aliphatic heterocycles. The largest absolute Gasteiger partial charge is 0.299 e. The van der Waals surface area contributed by atoms with Crippen molar-refractivity contribution in [1.29, 1.82) is 0 Å². The van der Waals surface area contributed by atoms with Crippen molar-refractivity contribution in [2.24, 2.45) is 5.92 Å². The normalized spacial score (nSPS) is 21.6. The number of likely N-dealkylation sites (tertiary alicyclic amines) is 1. The fourth-order valence-corrected chi connectivity index (χ4v) is 2.76. The molecule has 0 aliphatic carbocycles. The third-order valence-electron chi connectivity index (χ3n) is 3.00. The summed E-state index contributed by atoms with van der Waals surface area (Å²) in [6.45, 7) is 2.79. The maximum atomic E-state index is 13.6. The molecule has 1 aromatic rings. The first-order chi connectivity index (χ1) is 7.69. The molecule has 2 rings (SSSR count). The topological polar surface area (TPSA) is 3.24 Å². The minimum absolute atomic E-state index is 0.199. The van der Waals surface area contributed by atoms with Crippen molar-refractivity contribution >= 4 is 27.5 Å². The predicted molar refractivity (Wildman–Crippen MR) is 68.6 cm³/mol. The molecule has 1 unspecified atom stereocenters. The van der Waals surface area contributed by atoms with Gasteiger partial charge in [-0.25, -0.2) is 4.39 Å². The number of hydrogen-bond donors (Lipinski definition) is 0. The minimum Gasteiger partial charge on any atom is -0.299 e. The van der Waals surface area contributed by atoms with Crippen molar-refractivity contribution in [1.82, 2.24) is 4.90 Å². The summed E-state index contributed by atoms with van der Waals surface area (Å²) in [5.41, 5.74) is 0.736. The molecule has 0 N–H and O–H groups in total. The molecule has 1 aromatic carbocycles. The van der Waals surface area contributed by atoms with Crippen LogP contribution in [0.4, 0.5) is 4.39 Å². The monoisotopic (exact) mass is 305 g/mol. The van der Waals surface area contributed by atoms with Gasteiger partial charge in [0.1, 0.15) is 5.82 Å². The second-order valence-electron chi connectivity index (χ2n) is 4.28. The Hall–Kier alpha value is -0.120. The fraction of sp³-hybridized carbons (Fsp3) is 0.500. The Morgan fingerprint density at radius 2 is 2.31 bits per heavy atom. The first-order valence-corrected chi connectivity index (χ1v) is 6.91. The van der Waals surface area contributed by atoms with Gasteiger partial charge in [0.15, 0.2) is 0 Å². The van der Waals surface area contributed by atoms with Crippen LogP contribution in [0.25, 0.3) is 0 Å². The number of alkyl halides is 1. The van der Waals surface area contributed by atoms with Crippen molar-refractivity contribution in [3.8, 4) is 0 Å². The van der Waals surface area contributed by atoms with Crippen molar-refractivity contribution < 1.29 is 4.39 Å². The van der Waals surface area contributed by atoms with E-state index < -0.39 is 0 Å². The number of rotatable bonds is 3. The van der Waals surface area contributed by atoms with Gasteiger partial charge in [0.05, 0.1) is 0 Å². The van der Waals surface area contributed by atoms with E-state index in [1.807, 2.05) is 0 Å². The molecule has 0 bridgehead atoms. The van der Waals surface area contributed by atoms with E-state index in [0.717, 1.165) is 24.0 Å². The van der Waals surface area contributed by atoms with E-state index in [-0.39, 0.29) is 5.82 Å². The summed E-state index contributed by atoms with van der Waals surface area (Å²) in [6, 6.07) is 4.91. The molecule has 0 spiro atoms. The van der Waals surface area contributed by atoms with E-state index in [1.54, 1.807) is 12.1 Å². The highest BCUT2D eigenvalue weighted by molar-refractivity contribution is 9.09. The minimum atomic E-state index is -0.199. The van der Waals surface area contributed by atoms with Gasteiger partial charge in [-0.05, 0) is 31.0 Å². The molecule has 0 saturated carbocycles. The molecule has 1 saturated heterocycles. The zero-order chi connectivity index (χ0) is 11.5. The molecule has 88 valence electrons. The first kappa shape index (κ1) is 12.3. The molecule has 0 amide bonds. The van der Waals surface area contributed by atoms with Gasteiger partial charge in [0.25, 0.3) is 0 Å². The molecule has 4 heteroatoms. The maximum absolute atomic E-state index is 13.6. The van der Waals surface area contributed by atoms with Crippen LogP contribution in [0.3, 0.4) is 0 Å². The van der Waals surface area contributed by atoms with Crippen LogP contribution in [0.15, 0.2) is 18.2 Å². The Bertz CT molecular complexity index is 372. The molecular formula is C12H14BrClFN. The third kappa shape index (κ3) is 2.96. The van der Waals surface area contributed by atoms with Crippen LogP contribution < -0.4 is 0 Å². The number of benzene rings is 1. The van der Waals surface area contributed by atoms with Crippen LogP contribution in [-0.2, 0) is 6.54 Å². The average molecular weight is 307 g/mol. The molecule has 16 heavy (non-hydrogen) atoms. The summed E-state index contributed by atoms with van der Waals surface area (Å²) in [4.78, 5) is 2.29. The predicted octanol–water partition coefficient (Wildman–Crippen LogP) is 3.70. The van der Waals surface area contributed by atoms with Crippen LogP contribution >= 0.6 is 27.5 Å². The third-order valence-corrected chi connectivity index (χ3v) is 4.15. The fourth-order valence-electron chi connectivity index (χ4n) is 2.07. The lowest BCUT2D eigenvalue weighted by molar-refractivity contribution is 0.316. The second kappa shape index (κ2) is 5.48. The maximum Gasteiger partial charge on any atom is 0.129 e. The van der Waals surface area contributed by atoms with E-state index in [2.05, 4.69) is 20.8 Å². The van der Waals surface area contributed by atoms with Crippen molar-refractivity contribution in [3.63, 3.8) is 0 Å². The van der Waals surface area contributed by atoms with Gasteiger partial charge in [0.2, 0.25) is 0 Å². The Labute approximate surface area is 109 Å². The Morgan fingerprint density at radius 1 is 1.50 bits per heavy atom. The van der Waals surface area contributed by atoms with E-state index in [9.17, 15) is 4.39 Å². The molecular weight excluding hydrogens is 292 g/mol. The van der Waals surface area contributed by atoms with Gasteiger partial charge in [-0.15, -0.1) is 0 Å². The Morgan fingerprint density at radius 3 is 2.94 bits per heavy atom. The molecule has 0 radical (unpaired) electrons. The first-order valence-electron chi connectivity index (χ1n) is 5.41. The van der Waals surface area contributed by atoms with Gasteiger partial charge in [-0.2, -0.15) is 0 Å². The second-order valence-corrected chi connectivity index (χ2v) is 5.36. The summed E-state index contributed by atoms with van der Waals surface area (Å²) >= 11 is 9.21. The standard InChI is InChI=1S/C12H14BrClFN/c13-6-9-3-4-16(7-9)8-10-1-2-11(14)5-12(10)15/h1-2,5,9H,3-4,6-8H2. The van der Waals surface area contributed by atoms with Crippen molar-refractivity contribution in [2.75, 3.05) is 18.4 Å². The SMILES string of the molecule is Fc1cc(Cl)ccc1CN1CCC(CBr)C1. The smallest absolute Gasteiger partial charge is 0.129 e. The van der Waals surface area contributed by atoms with Gasteiger partial charge in [0, 0.05) is 29.0 Å². The van der Waals surface area contributed by atoms with Gasteiger partial charge < -0.3 is 0 Å². The summed E-state index contributed by atoms with van der Waals surface area (Å²) in [7, 11) is 0. The molecule has 0 aromatic heterocycles. The summed E-state index contributed by atoms with van der Waals surface area (Å²) in [5.74, 6) is 0.505. The van der Waals surface area contributed by atoms with Crippen LogP contribution in [0.2, 0.25) is 5.02 Å². The lowest BCUT2D eigenvalue weighted by Gasteiger charge is -2.16. The quantitative estimate of drug-likeness (QED) is 0.770. The van der Waals surface area contributed by atoms with E-state index >= 15 is 0 Å². The average Bonchev–Trinajstić information content (AvgIpc) is 2.70. The number of halogens is 3. The zero-order valence-corrected chi connectivity index (χ0v) is 11.3. The summed E-state index contributed by atoms with van der Waals surface area (Å²) in [5, 5.41) is 1.49. The molecule has 1 fully saturated rings.